The highest BCUT2D eigenvalue weighted by atomic mass is 31.2. The largest absolute Gasteiger partial charge is 0.309 e. The summed E-state index contributed by atoms with van der Waals surface area (Å²) < 4.78 is 14.5. The summed E-state index contributed by atoms with van der Waals surface area (Å²) >= 11 is 0. The molecule has 0 spiro atoms. The summed E-state index contributed by atoms with van der Waals surface area (Å²) in [6, 6.07) is 30.5. The molecule has 0 amide bonds. The van der Waals surface area contributed by atoms with Gasteiger partial charge in [0.2, 0.25) is 0 Å². The summed E-state index contributed by atoms with van der Waals surface area (Å²) in [6.45, 7) is 0. The highest BCUT2D eigenvalue weighted by Crippen LogP contribution is 2.51. The maximum atomic E-state index is 14.5. The minimum absolute atomic E-state index is 0.902. The van der Waals surface area contributed by atoms with Crippen molar-refractivity contribution in [3.05, 3.63) is 91.0 Å². The molecule has 1 heterocycles. The molecule has 4 aromatic rings. The summed E-state index contributed by atoms with van der Waals surface area (Å²) in [5, 5.41) is 5.09. The van der Waals surface area contributed by atoms with E-state index in [0.717, 1.165) is 32.2 Å². The third kappa shape index (κ3) is 1.68. The molecule has 114 valence electrons. The van der Waals surface area contributed by atoms with Crippen molar-refractivity contribution in [2.75, 3.05) is 0 Å². The van der Waals surface area contributed by atoms with Crippen molar-refractivity contribution in [2.45, 2.75) is 0 Å². The quantitative estimate of drug-likeness (QED) is 0.416. The fourth-order valence-electron chi connectivity index (χ4n) is 3.83. The normalized spacial score (nSPS) is 18.3. The van der Waals surface area contributed by atoms with Gasteiger partial charge in [0.05, 0.1) is 0 Å². The molecule has 1 atom stereocenters. The van der Waals surface area contributed by atoms with Crippen molar-refractivity contribution < 1.29 is 4.57 Å². The first-order chi connectivity index (χ1) is 11.8. The van der Waals surface area contributed by atoms with Gasteiger partial charge in [0.25, 0.3) is 0 Å². The molecule has 2 heteroatoms. The molecular formula is C22H15OP. The summed E-state index contributed by atoms with van der Waals surface area (Å²) in [5.74, 6) is 0. The zero-order valence-corrected chi connectivity index (χ0v) is 13.9. The first-order valence-electron chi connectivity index (χ1n) is 8.08. The standard InChI is InChI=1S/C22H15OP/c23-24(17-10-2-1-3-11-17)20-14-5-4-12-18(20)19-13-6-8-16-9-7-15-21(24)22(16)19/h1-15H. The Hall–Kier alpha value is -2.63. The lowest BCUT2D eigenvalue weighted by Crippen LogP contribution is -2.30. The Balaban J connectivity index is 2.03. The molecule has 0 saturated heterocycles. The van der Waals surface area contributed by atoms with Gasteiger partial charge < -0.3 is 4.57 Å². The second kappa shape index (κ2) is 4.93. The topological polar surface area (TPSA) is 17.1 Å². The van der Waals surface area contributed by atoms with Gasteiger partial charge in [-0.2, -0.15) is 0 Å². The van der Waals surface area contributed by atoms with Crippen molar-refractivity contribution in [3.8, 4) is 11.1 Å². The van der Waals surface area contributed by atoms with E-state index in [1.165, 1.54) is 5.56 Å². The molecule has 24 heavy (non-hydrogen) atoms. The Morgan fingerprint density at radius 3 is 2.00 bits per heavy atom. The maximum absolute atomic E-state index is 14.5. The van der Waals surface area contributed by atoms with Gasteiger partial charge in [0.1, 0.15) is 0 Å². The lowest BCUT2D eigenvalue weighted by molar-refractivity contribution is 0.592. The van der Waals surface area contributed by atoms with Gasteiger partial charge in [-0.3, -0.25) is 0 Å². The van der Waals surface area contributed by atoms with Gasteiger partial charge in [0.15, 0.2) is 7.14 Å². The van der Waals surface area contributed by atoms with E-state index < -0.39 is 7.14 Å². The molecule has 4 aromatic carbocycles. The molecule has 0 N–H and O–H groups in total. The fourth-order valence-corrected chi connectivity index (χ4v) is 6.93. The summed E-state index contributed by atoms with van der Waals surface area (Å²) in [7, 11) is -2.86. The molecule has 0 aliphatic carbocycles. The predicted octanol–water partition coefficient (Wildman–Crippen LogP) is 4.46. The van der Waals surface area contributed by atoms with Crippen LogP contribution in [0.4, 0.5) is 0 Å². The van der Waals surface area contributed by atoms with Gasteiger partial charge in [-0.05, 0) is 16.5 Å². The molecular weight excluding hydrogens is 311 g/mol. The molecule has 1 aliphatic heterocycles. The van der Waals surface area contributed by atoms with E-state index >= 15 is 0 Å². The number of rotatable bonds is 1. The Labute approximate surface area is 141 Å². The van der Waals surface area contributed by atoms with E-state index in [2.05, 4.69) is 30.3 Å². The number of hydrogen-bond donors (Lipinski definition) is 0. The molecule has 0 bridgehead atoms. The number of hydrogen-bond acceptors (Lipinski definition) is 1. The molecule has 0 radical (unpaired) electrons. The van der Waals surface area contributed by atoms with Crippen LogP contribution in [-0.4, -0.2) is 0 Å². The van der Waals surface area contributed by atoms with Gasteiger partial charge in [0, 0.05) is 21.3 Å². The monoisotopic (exact) mass is 326 g/mol. The van der Waals surface area contributed by atoms with Crippen LogP contribution in [0.3, 0.4) is 0 Å². The zero-order valence-electron chi connectivity index (χ0n) is 13.0. The first-order valence-corrected chi connectivity index (χ1v) is 9.79. The third-order valence-electron chi connectivity index (χ3n) is 4.88. The first kappa shape index (κ1) is 13.8. The Morgan fingerprint density at radius 2 is 1.17 bits per heavy atom. The van der Waals surface area contributed by atoms with Gasteiger partial charge >= 0.3 is 0 Å². The Morgan fingerprint density at radius 1 is 0.542 bits per heavy atom. The van der Waals surface area contributed by atoms with Crippen LogP contribution in [0.1, 0.15) is 0 Å². The lowest BCUT2D eigenvalue weighted by Gasteiger charge is -2.29. The summed E-state index contributed by atoms with van der Waals surface area (Å²) in [6.07, 6.45) is 0. The predicted molar refractivity (Wildman–Crippen MR) is 102 cm³/mol. The fraction of sp³-hybridized carbons (Fsp3) is 0. The van der Waals surface area contributed by atoms with E-state index in [1.807, 2.05) is 60.7 Å². The average molecular weight is 326 g/mol. The molecule has 1 aliphatic rings. The lowest BCUT2D eigenvalue weighted by atomic mass is 9.98. The highest BCUT2D eigenvalue weighted by molar-refractivity contribution is 7.86. The van der Waals surface area contributed by atoms with Crippen LogP contribution >= 0.6 is 7.14 Å². The Bertz CT molecular complexity index is 1120. The highest BCUT2D eigenvalue weighted by Gasteiger charge is 2.37. The molecule has 0 saturated carbocycles. The van der Waals surface area contributed by atoms with Crippen molar-refractivity contribution in [2.24, 2.45) is 0 Å². The third-order valence-corrected chi connectivity index (χ3v) is 8.02. The average Bonchev–Trinajstić information content (AvgIpc) is 2.66. The van der Waals surface area contributed by atoms with Crippen LogP contribution in [0.15, 0.2) is 91.0 Å². The van der Waals surface area contributed by atoms with E-state index in [4.69, 9.17) is 0 Å². The summed E-state index contributed by atoms with van der Waals surface area (Å²) in [4.78, 5) is 0. The van der Waals surface area contributed by atoms with Crippen molar-refractivity contribution in [3.63, 3.8) is 0 Å². The van der Waals surface area contributed by atoms with Crippen LogP contribution in [0, 0.1) is 0 Å². The van der Waals surface area contributed by atoms with E-state index in [1.54, 1.807) is 0 Å². The van der Waals surface area contributed by atoms with E-state index in [0.29, 0.717) is 0 Å². The molecule has 5 rings (SSSR count). The Kier molecular flexibility index (Phi) is 2.83. The van der Waals surface area contributed by atoms with Gasteiger partial charge in [-0.15, -0.1) is 0 Å². The van der Waals surface area contributed by atoms with Crippen molar-refractivity contribution >= 4 is 33.8 Å². The van der Waals surface area contributed by atoms with E-state index in [9.17, 15) is 4.57 Å². The van der Waals surface area contributed by atoms with Crippen LogP contribution in [-0.2, 0) is 4.57 Å². The molecule has 1 unspecified atom stereocenters. The SMILES string of the molecule is O=P1(c2ccccc2)c2ccccc2-c2cccc3cccc1c23. The smallest absolute Gasteiger partial charge is 0.172 e. The number of benzene rings is 4. The van der Waals surface area contributed by atoms with Crippen molar-refractivity contribution in [1.82, 2.24) is 0 Å². The maximum Gasteiger partial charge on any atom is 0.172 e. The minimum atomic E-state index is -2.86. The zero-order chi connectivity index (χ0) is 16.1. The van der Waals surface area contributed by atoms with Crippen molar-refractivity contribution in [1.29, 1.82) is 0 Å². The van der Waals surface area contributed by atoms with Crippen LogP contribution < -0.4 is 15.9 Å². The molecule has 0 fully saturated rings. The minimum Gasteiger partial charge on any atom is -0.309 e. The van der Waals surface area contributed by atoms with Crippen LogP contribution in [0.5, 0.6) is 0 Å². The molecule has 0 aromatic heterocycles. The molecule has 1 nitrogen and oxygen atoms in total. The van der Waals surface area contributed by atoms with Gasteiger partial charge in [-0.1, -0.05) is 91.0 Å². The summed E-state index contributed by atoms with van der Waals surface area (Å²) in [5.41, 5.74) is 2.27. The number of fused-ring (bicyclic) bond motifs is 2. The second-order valence-corrected chi connectivity index (χ2v) is 8.84. The van der Waals surface area contributed by atoms with Gasteiger partial charge in [-0.25, -0.2) is 0 Å². The van der Waals surface area contributed by atoms with E-state index in [-0.39, 0.29) is 0 Å². The van der Waals surface area contributed by atoms with Crippen LogP contribution in [0.25, 0.3) is 21.9 Å². The second-order valence-electron chi connectivity index (χ2n) is 6.14. The van der Waals surface area contributed by atoms with Crippen LogP contribution in [0.2, 0.25) is 0 Å².